The predicted molar refractivity (Wildman–Crippen MR) is 124 cm³/mol. The monoisotopic (exact) mass is 440 g/mol. The summed E-state index contributed by atoms with van der Waals surface area (Å²) in [5.41, 5.74) is 0.746. The maximum atomic E-state index is 12.6. The summed E-state index contributed by atoms with van der Waals surface area (Å²) in [7, 11) is 9.92. The van der Waals surface area contributed by atoms with E-state index in [2.05, 4.69) is 52.7 Å². The minimum atomic E-state index is -0.832. The van der Waals surface area contributed by atoms with Crippen LogP contribution < -0.4 is 20.3 Å². The molecule has 0 aliphatic carbocycles. The van der Waals surface area contributed by atoms with Crippen LogP contribution in [0.15, 0.2) is 18.2 Å². The smallest absolute Gasteiger partial charge is 0.233 e. The lowest BCUT2D eigenvalue weighted by atomic mass is 9.97. The molecule has 178 valence electrons. The van der Waals surface area contributed by atoms with Crippen molar-refractivity contribution in [3.8, 4) is 11.5 Å². The van der Waals surface area contributed by atoms with E-state index in [4.69, 9.17) is 4.74 Å². The van der Waals surface area contributed by atoms with Crippen LogP contribution in [0.4, 0.5) is 0 Å². The average molecular weight is 441 g/mol. The highest BCUT2D eigenvalue weighted by Gasteiger charge is 2.27. The summed E-state index contributed by atoms with van der Waals surface area (Å²) < 4.78 is 5.89. The third kappa shape index (κ3) is 11.6. The van der Waals surface area contributed by atoms with E-state index in [-0.39, 0.29) is 24.0 Å². The van der Waals surface area contributed by atoms with Gasteiger partial charge in [-0.2, -0.15) is 0 Å². The first-order valence-electron chi connectivity index (χ1n) is 11.0. The molecule has 0 aromatic heterocycles. The number of rotatable bonds is 11. The van der Waals surface area contributed by atoms with Gasteiger partial charge in [0.1, 0.15) is 5.92 Å². The summed E-state index contributed by atoms with van der Waals surface area (Å²) in [6.07, 6.45) is 0.236. The minimum Gasteiger partial charge on any atom is -0.504 e. The van der Waals surface area contributed by atoms with Crippen LogP contribution in [0.5, 0.6) is 11.5 Å². The van der Waals surface area contributed by atoms with Crippen LogP contribution in [0.1, 0.15) is 26.3 Å². The van der Waals surface area contributed by atoms with Crippen molar-refractivity contribution < 1.29 is 28.8 Å². The van der Waals surface area contributed by atoms with Crippen molar-refractivity contribution in [2.24, 2.45) is 5.92 Å². The van der Waals surface area contributed by atoms with Gasteiger partial charge in [-0.25, -0.2) is 0 Å². The number of phenols is 1. The number of likely N-dealkylation sites (N-methyl/N-ethyl adjacent to an activating group) is 1. The second-order valence-electron chi connectivity index (χ2n) is 8.48. The van der Waals surface area contributed by atoms with Crippen molar-refractivity contribution in [3.05, 3.63) is 23.8 Å². The molecule has 31 heavy (non-hydrogen) atoms. The molecule has 8 heteroatoms. The number of hydrogen-bond donors (Lipinski definition) is 4. The van der Waals surface area contributed by atoms with Crippen molar-refractivity contribution in [2.45, 2.75) is 27.2 Å². The third-order valence-corrected chi connectivity index (χ3v) is 5.25. The van der Waals surface area contributed by atoms with E-state index in [1.807, 2.05) is 6.92 Å². The molecule has 4 N–H and O–H groups in total. The maximum Gasteiger partial charge on any atom is 0.233 e. The van der Waals surface area contributed by atoms with Crippen LogP contribution in [0.3, 0.4) is 0 Å². The molecule has 0 fully saturated rings. The van der Waals surface area contributed by atoms with E-state index in [9.17, 15) is 14.7 Å². The molecular weight excluding hydrogens is 396 g/mol. The Labute approximate surface area is 188 Å². The molecule has 0 heterocycles. The Kier molecular flexibility index (Phi) is 13.5. The van der Waals surface area contributed by atoms with Gasteiger partial charge in [0.05, 0.1) is 61.5 Å². The summed E-state index contributed by atoms with van der Waals surface area (Å²) in [5, 5.41) is 15.3. The number of ether oxygens (including phenoxy) is 1. The number of nitrogens with zero attached hydrogens (tertiary/aromatic N) is 1. The first kappa shape index (κ1) is 28.7. The van der Waals surface area contributed by atoms with E-state index in [0.29, 0.717) is 18.8 Å². The molecule has 1 aromatic rings. The molecule has 1 rings (SSSR count). The first-order chi connectivity index (χ1) is 14.5. The van der Waals surface area contributed by atoms with Crippen molar-refractivity contribution in [1.29, 1.82) is 0 Å². The van der Waals surface area contributed by atoms with Crippen molar-refractivity contribution in [1.82, 2.24) is 10.6 Å². The van der Waals surface area contributed by atoms with Gasteiger partial charge in [0.2, 0.25) is 11.8 Å². The number of carbonyl (C=O) groups is 2. The highest BCUT2D eigenvalue weighted by atomic mass is 16.5. The average Bonchev–Trinajstić information content (AvgIpc) is 2.73. The molecule has 0 aliphatic rings. The molecule has 1 atom stereocenters. The summed E-state index contributed by atoms with van der Waals surface area (Å²) in [4.78, 5) is 26.5. The van der Waals surface area contributed by atoms with Crippen molar-refractivity contribution >= 4 is 11.8 Å². The number of methoxy groups -OCH3 is 1. The van der Waals surface area contributed by atoms with Crippen LogP contribution in [0.25, 0.3) is 0 Å². The largest absolute Gasteiger partial charge is 0.504 e. The number of aromatic hydroxyl groups is 1. The Morgan fingerprint density at radius 2 is 1.71 bits per heavy atom. The number of nitrogens with one attached hydrogen (secondary N) is 3. The van der Waals surface area contributed by atoms with Gasteiger partial charge < -0.3 is 29.9 Å². The van der Waals surface area contributed by atoms with Crippen LogP contribution in [0, 0.1) is 5.92 Å². The molecule has 1 unspecified atom stereocenters. The molecule has 0 bridgehead atoms. The van der Waals surface area contributed by atoms with Crippen LogP contribution >= 0.6 is 0 Å². The highest BCUT2D eigenvalue weighted by Crippen LogP contribution is 2.27. The molecule has 0 spiro atoms. The van der Waals surface area contributed by atoms with E-state index < -0.39 is 5.92 Å². The lowest BCUT2D eigenvalue weighted by Gasteiger charge is -2.28. The lowest BCUT2D eigenvalue weighted by Crippen LogP contribution is -3.05. The van der Waals surface area contributed by atoms with Gasteiger partial charge in [-0.1, -0.05) is 6.07 Å². The van der Waals surface area contributed by atoms with Crippen LogP contribution in [-0.2, 0) is 16.0 Å². The minimum absolute atomic E-state index is 0.0230. The van der Waals surface area contributed by atoms with Crippen LogP contribution in [-0.4, -0.2) is 89.4 Å². The fourth-order valence-corrected chi connectivity index (χ4v) is 2.45. The van der Waals surface area contributed by atoms with Gasteiger partial charge in [0.15, 0.2) is 11.5 Å². The third-order valence-electron chi connectivity index (χ3n) is 5.25. The summed E-state index contributed by atoms with van der Waals surface area (Å²) in [6, 6.07) is 4.84. The summed E-state index contributed by atoms with van der Waals surface area (Å²) in [5.74, 6) is -1.09. The number of quaternary nitrogens is 2. The molecule has 0 saturated carbocycles. The standard InChI is InChI=1S/C19H31N3O4.C4H11N/c1-6-20-18(24)15(19(25)21-10-11-22(3,4)7-2)12-14-8-9-16(23)17(13-14)26-5;1-4-5(2)3/h8-9,13,15H,6-7,10-12H2,1-5H3,(H2-,20,21,23,24,25);4H2,1-3H3/p+2. The number of hydrogen-bond acceptors (Lipinski definition) is 4. The number of carbonyl (C=O) groups excluding carboxylic acids is 2. The molecule has 2 amide bonds. The quantitative estimate of drug-likeness (QED) is 0.289. The summed E-state index contributed by atoms with van der Waals surface area (Å²) in [6.45, 7) is 10.0. The molecule has 8 nitrogen and oxygen atoms in total. The highest BCUT2D eigenvalue weighted by molar-refractivity contribution is 6.00. The van der Waals surface area contributed by atoms with Gasteiger partial charge in [0, 0.05) is 6.54 Å². The van der Waals surface area contributed by atoms with E-state index >= 15 is 0 Å². The Hall–Kier alpha value is -2.32. The Balaban J connectivity index is 0.00000161. The topological polar surface area (TPSA) is 92.1 Å². The van der Waals surface area contributed by atoms with Gasteiger partial charge in [-0.05, 0) is 44.9 Å². The molecular formula is C23H44N4O4+2. The van der Waals surface area contributed by atoms with Gasteiger partial charge >= 0.3 is 0 Å². The Morgan fingerprint density at radius 3 is 2.19 bits per heavy atom. The number of phenolic OH excluding ortho intramolecular Hbond substituents is 1. The SMILES string of the molecule is CCNC(=O)C(Cc1ccc(O)c(OC)c1)C(=O)NCC[N+](C)(C)CC.CC[NH+](C)C. The van der Waals surface area contributed by atoms with Gasteiger partial charge in [-0.3, -0.25) is 9.59 Å². The zero-order valence-corrected chi connectivity index (χ0v) is 20.7. The summed E-state index contributed by atoms with van der Waals surface area (Å²) >= 11 is 0. The number of amides is 2. The van der Waals surface area contributed by atoms with E-state index in [1.165, 1.54) is 24.6 Å². The Morgan fingerprint density at radius 1 is 1.13 bits per heavy atom. The molecule has 0 saturated heterocycles. The Bertz CT molecular complexity index is 678. The molecule has 0 radical (unpaired) electrons. The fraction of sp³-hybridized carbons (Fsp3) is 0.652. The van der Waals surface area contributed by atoms with E-state index in [0.717, 1.165) is 23.1 Å². The second kappa shape index (κ2) is 14.6. The van der Waals surface area contributed by atoms with E-state index in [1.54, 1.807) is 12.1 Å². The fourth-order valence-electron chi connectivity index (χ4n) is 2.45. The van der Waals surface area contributed by atoms with Crippen molar-refractivity contribution in [2.75, 3.05) is 68.0 Å². The lowest BCUT2D eigenvalue weighted by molar-refractivity contribution is -0.887. The predicted octanol–water partition coefficient (Wildman–Crippen LogP) is 0.0589. The maximum absolute atomic E-state index is 12.6. The molecule has 0 aliphatic heterocycles. The number of benzene rings is 1. The zero-order chi connectivity index (χ0) is 24.0. The normalized spacial score (nSPS) is 11.9. The van der Waals surface area contributed by atoms with Gasteiger partial charge in [0.25, 0.3) is 0 Å². The zero-order valence-electron chi connectivity index (χ0n) is 20.7. The first-order valence-corrected chi connectivity index (χ1v) is 11.0. The van der Waals surface area contributed by atoms with Crippen molar-refractivity contribution in [3.63, 3.8) is 0 Å². The second-order valence-corrected chi connectivity index (χ2v) is 8.48. The van der Waals surface area contributed by atoms with Crippen LogP contribution in [0.2, 0.25) is 0 Å². The molecule has 1 aromatic carbocycles. The van der Waals surface area contributed by atoms with Gasteiger partial charge in [-0.15, -0.1) is 0 Å².